The van der Waals surface area contributed by atoms with E-state index >= 15 is 0 Å². The quantitative estimate of drug-likeness (QED) is 0.657. The lowest BCUT2D eigenvalue weighted by atomic mass is 10.1. The summed E-state index contributed by atoms with van der Waals surface area (Å²) in [5.41, 5.74) is 4.03. The highest BCUT2D eigenvalue weighted by atomic mass is 16.5. The minimum Gasteiger partial charge on any atom is -0.465 e. The summed E-state index contributed by atoms with van der Waals surface area (Å²) in [6.07, 6.45) is 3.55. The largest absolute Gasteiger partial charge is 0.465 e. The van der Waals surface area contributed by atoms with Crippen LogP contribution in [0.4, 0.5) is 5.69 Å². The van der Waals surface area contributed by atoms with Gasteiger partial charge in [0.15, 0.2) is 0 Å². The van der Waals surface area contributed by atoms with Crippen LogP contribution in [0, 0.1) is 0 Å². The average molecular weight is 331 g/mol. The Bertz CT molecular complexity index is 638. The number of carbonyl (C=O) groups excluding carboxylic acids is 3. The summed E-state index contributed by atoms with van der Waals surface area (Å²) in [5, 5.41) is 2.03. The summed E-state index contributed by atoms with van der Waals surface area (Å²) >= 11 is 0. The molecule has 24 heavy (non-hydrogen) atoms. The van der Waals surface area contributed by atoms with Crippen molar-refractivity contribution >= 4 is 23.5 Å². The molecule has 1 atom stereocenters. The van der Waals surface area contributed by atoms with Crippen molar-refractivity contribution in [1.82, 2.24) is 10.4 Å². The summed E-state index contributed by atoms with van der Waals surface area (Å²) in [7, 11) is 1.31. The maximum Gasteiger partial charge on any atom is 0.337 e. The SMILES string of the molecule is COC(=O)c1ccc(N2C(=O)CC(NN3CCCCC3)C2=O)cc1. The third-order valence-corrected chi connectivity index (χ3v) is 4.39. The lowest BCUT2D eigenvalue weighted by Gasteiger charge is -2.29. The number of methoxy groups -OCH3 is 1. The molecule has 128 valence electrons. The fraction of sp³-hybridized carbons (Fsp3) is 0.471. The average Bonchev–Trinajstić information content (AvgIpc) is 2.89. The minimum absolute atomic E-state index is 0.147. The van der Waals surface area contributed by atoms with Gasteiger partial charge in [0.05, 0.1) is 24.8 Å². The van der Waals surface area contributed by atoms with E-state index in [-0.39, 0.29) is 18.2 Å². The maximum atomic E-state index is 12.6. The van der Waals surface area contributed by atoms with Crippen molar-refractivity contribution in [2.24, 2.45) is 0 Å². The highest BCUT2D eigenvalue weighted by Crippen LogP contribution is 2.24. The van der Waals surface area contributed by atoms with E-state index < -0.39 is 12.0 Å². The predicted octanol–water partition coefficient (Wildman–Crippen LogP) is 1.10. The van der Waals surface area contributed by atoms with Gasteiger partial charge >= 0.3 is 5.97 Å². The number of carbonyl (C=O) groups is 3. The molecule has 0 bridgehead atoms. The van der Waals surface area contributed by atoms with Gasteiger partial charge in [-0.25, -0.2) is 20.1 Å². The zero-order valence-electron chi connectivity index (χ0n) is 13.7. The number of anilines is 1. The zero-order chi connectivity index (χ0) is 17.1. The van der Waals surface area contributed by atoms with Crippen LogP contribution in [0.15, 0.2) is 24.3 Å². The molecule has 7 heteroatoms. The van der Waals surface area contributed by atoms with Gasteiger partial charge in [-0.2, -0.15) is 0 Å². The molecule has 1 unspecified atom stereocenters. The van der Waals surface area contributed by atoms with Crippen LogP contribution in [-0.4, -0.2) is 49.0 Å². The molecular formula is C17H21N3O4. The number of ether oxygens (including phenoxy) is 1. The molecule has 2 aliphatic rings. The molecular weight excluding hydrogens is 310 g/mol. The Morgan fingerprint density at radius 3 is 2.42 bits per heavy atom. The number of amides is 2. The van der Waals surface area contributed by atoms with E-state index in [9.17, 15) is 14.4 Å². The van der Waals surface area contributed by atoms with E-state index in [4.69, 9.17) is 0 Å². The molecule has 1 aromatic rings. The van der Waals surface area contributed by atoms with Gasteiger partial charge in [0, 0.05) is 13.1 Å². The standard InChI is InChI=1S/C17H21N3O4/c1-24-17(23)12-5-7-13(8-6-12)20-15(21)11-14(16(20)22)18-19-9-3-2-4-10-19/h5-8,14,18H,2-4,9-11H2,1H3. The zero-order valence-corrected chi connectivity index (χ0v) is 13.7. The summed E-state index contributed by atoms with van der Waals surface area (Å²) in [6.45, 7) is 1.79. The van der Waals surface area contributed by atoms with E-state index in [1.54, 1.807) is 24.3 Å². The number of hydrogen-bond acceptors (Lipinski definition) is 6. The molecule has 2 amide bonds. The third-order valence-electron chi connectivity index (χ3n) is 4.39. The van der Waals surface area contributed by atoms with Crippen LogP contribution < -0.4 is 10.3 Å². The molecule has 0 saturated carbocycles. The second-order valence-electron chi connectivity index (χ2n) is 6.04. The molecule has 0 spiro atoms. The molecule has 1 N–H and O–H groups in total. The number of piperidine rings is 1. The van der Waals surface area contributed by atoms with Crippen LogP contribution in [-0.2, 0) is 14.3 Å². The normalized spacial score (nSPS) is 22.0. The molecule has 0 aliphatic carbocycles. The van der Waals surface area contributed by atoms with Crippen molar-refractivity contribution in [3.63, 3.8) is 0 Å². The number of hydrazine groups is 1. The van der Waals surface area contributed by atoms with Gasteiger partial charge < -0.3 is 4.74 Å². The van der Waals surface area contributed by atoms with Gasteiger partial charge in [0.2, 0.25) is 5.91 Å². The first-order valence-electron chi connectivity index (χ1n) is 8.16. The molecule has 2 aliphatic heterocycles. The Hall–Kier alpha value is -2.25. The maximum absolute atomic E-state index is 12.6. The number of nitrogens with one attached hydrogen (secondary N) is 1. The number of rotatable bonds is 4. The van der Waals surface area contributed by atoms with Gasteiger partial charge in [0.25, 0.3) is 5.91 Å². The highest BCUT2D eigenvalue weighted by Gasteiger charge is 2.40. The topological polar surface area (TPSA) is 79.0 Å². The Balaban J connectivity index is 1.70. The minimum atomic E-state index is -0.518. The van der Waals surface area contributed by atoms with Crippen molar-refractivity contribution in [3.8, 4) is 0 Å². The summed E-state index contributed by atoms with van der Waals surface area (Å²) in [5.74, 6) is -0.943. The van der Waals surface area contributed by atoms with Crippen LogP contribution in [0.3, 0.4) is 0 Å². The van der Waals surface area contributed by atoms with E-state index in [0.29, 0.717) is 11.3 Å². The Morgan fingerprint density at radius 1 is 1.12 bits per heavy atom. The molecule has 2 fully saturated rings. The molecule has 3 rings (SSSR count). The Morgan fingerprint density at radius 2 is 1.79 bits per heavy atom. The van der Waals surface area contributed by atoms with Crippen molar-refractivity contribution in [2.75, 3.05) is 25.1 Å². The fourth-order valence-electron chi connectivity index (χ4n) is 3.11. The Kier molecular flexibility index (Phi) is 4.92. The van der Waals surface area contributed by atoms with E-state index in [2.05, 4.69) is 10.2 Å². The lowest BCUT2D eigenvalue weighted by molar-refractivity contribution is -0.122. The van der Waals surface area contributed by atoms with E-state index in [0.717, 1.165) is 25.9 Å². The van der Waals surface area contributed by atoms with Gasteiger partial charge in [-0.15, -0.1) is 0 Å². The third kappa shape index (κ3) is 3.32. The number of benzene rings is 1. The summed E-state index contributed by atoms with van der Waals surface area (Å²) in [4.78, 5) is 37.5. The number of esters is 1. The van der Waals surface area contributed by atoms with Crippen molar-refractivity contribution in [3.05, 3.63) is 29.8 Å². The highest BCUT2D eigenvalue weighted by molar-refractivity contribution is 6.22. The monoisotopic (exact) mass is 331 g/mol. The Labute approximate surface area is 140 Å². The summed E-state index contributed by atoms with van der Waals surface area (Å²) in [6, 6.07) is 5.76. The van der Waals surface area contributed by atoms with E-state index in [1.165, 1.54) is 18.4 Å². The van der Waals surface area contributed by atoms with Crippen molar-refractivity contribution < 1.29 is 19.1 Å². The van der Waals surface area contributed by atoms with Crippen LogP contribution >= 0.6 is 0 Å². The first kappa shape index (κ1) is 16.6. The number of imide groups is 1. The molecule has 0 radical (unpaired) electrons. The number of nitrogens with zero attached hydrogens (tertiary/aromatic N) is 2. The second kappa shape index (κ2) is 7.11. The van der Waals surface area contributed by atoms with Gasteiger partial charge in [-0.3, -0.25) is 9.59 Å². The van der Waals surface area contributed by atoms with Gasteiger partial charge in [-0.1, -0.05) is 6.42 Å². The van der Waals surface area contributed by atoms with Crippen molar-refractivity contribution in [1.29, 1.82) is 0 Å². The van der Waals surface area contributed by atoms with Crippen LogP contribution in [0.5, 0.6) is 0 Å². The van der Waals surface area contributed by atoms with Gasteiger partial charge in [0.1, 0.15) is 6.04 Å². The van der Waals surface area contributed by atoms with Crippen LogP contribution in [0.2, 0.25) is 0 Å². The van der Waals surface area contributed by atoms with Gasteiger partial charge in [-0.05, 0) is 37.1 Å². The number of hydrogen-bond donors (Lipinski definition) is 1. The molecule has 1 aromatic carbocycles. The predicted molar refractivity (Wildman–Crippen MR) is 87.2 cm³/mol. The lowest BCUT2D eigenvalue weighted by Crippen LogP contribution is -2.50. The second-order valence-corrected chi connectivity index (χ2v) is 6.04. The summed E-state index contributed by atoms with van der Waals surface area (Å²) < 4.78 is 4.64. The molecule has 2 heterocycles. The first-order chi connectivity index (χ1) is 11.6. The van der Waals surface area contributed by atoms with Crippen LogP contribution in [0.1, 0.15) is 36.0 Å². The first-order valence-corrected chi connectivity index (χ1v) is 8.16. The molecule has 2 saturated heterocycles. The molecule has 0 aromatic heterocycles. The fourth-order valence-corrected chi connectivity index (χ4v) is 3.11. The van der Waals surface area contributed by atoms with Crippen molar-refractivity contribution in [2.45, 2.75) is 31.7 Å². The van der Waals surface area contributed by atoms with E-state index in [1.807, 2.05) is 5.01 Å². The molecule has 7 nitrogen and oxygen atoms in total. The smallest absolute Gasteiger partial charge is 0.337 e. The van der Waals surface area contributed by atoms with Crippen LogP contribution in [0.25, 0.3) is 0 Å².